The topological polar surface area (TPSA) is 95.9 Å². The molecule has 2 aromatic carbocycles. The van der Waals surface area contributed by atoms with Crippen LogP contribution in [0.15, 0.2) is 48.5 Å². The Morgan fingerprint density at radius 1 is 1.03 bits per heavy atom. The van der Waals surface area contributed by atoms with Gasteiger partial charge in [-0.3, -0.25) is 4.79 Å². The first-order chi connectivity index (χ1) is 15.4. The van der Waals surface area contributed by atoms with Crippen molar-refractivity contribution in [3.63, 3.8) is 0 Å². The number of likely N-dealkylation sites (N-methyl/N-ethyl adjacent to an activating group) is 1. The van der Waals surface area contributed by atoms with Crippen LogP contribution < -0.4 is 5.32 Å². The third kappa shape index (κ3) is 4.64. The van der Waals surface area contributed by atoms with Crippen molar-refractivity contribution in [3.8, 4) is 11.1 Å². The number of carbonyl (C=O) groups is 3. The second-order valence-electron chi connectivity index (χ2n) is 8.21. The number of amides is 2. The normalized spacial score (nSPS) is 14.1. The van der Waals surface area contributed by atoms with Gasteiger partial charge in [0.05, 0.1) is 0 Å². The van der Waals surface area contributed by atoms with Crippen molar-refractivity contribution in [3.05, 3.63) is 59.7 Å². The molecule has 0 heterocycles. The number of carboxylic acids is 1. The maximum absolute atomic E-state index is 13.6. The molecule has 2 N–H and O–H groups in total. The summed E-state index contributed by atoms with van der Waals surface area (Å²) < 4.78 is 45.7. The molecule has 33 heavy (non-hydrogen) atoms. The number of rotatable bonds is 6. The zero-order chi connectivity index (χ0) is 24.6. The zero-order valence-corrected chi connectivity index (χ0v) is 18.1. The molecule has 0 spiro atoms. The molecule has 0 fully saturated rings. The number of hydrogen-bond donors (Lipinski definition) is 2. The second kappa shape index (κ2) is 8.76. The Morgan fingerprint density at radius 2 is 1.52 bits per heavy atom. The molecule has 1 unspecified atom stereocenters. The van der Waals surface area contributed by atoms with E-state index in [9.17, 15) is 32.7 Å². The molecule has 1 atom stereocenters. The number of carboxylic acid groups (broad SMARTS) is 1. The number of hydrogen-bond acceptors (Lipinski definition) is 4. The van der Waals surface area contributed by atoms with E-state index in [1.165, 1.54) is 0 Å². The molecular weight excluding hydrogens is 441 g/mol. The van der Waals surface area contributed by atoms with Gasteiger partial charge < -0.3 is 20.1 Å². The number of nitrogens with one attached hydrogen (secondary N) is 1. The number of aliphatic carboxylic acids is 1. The highest BCUT2D eigenvalue weighted by molar-refractivity contribution is 5.91. The Balaban J connectivity index is 1.75. The summed E-state index contributed by atoms with van der Waals surface area (Å²) in [6.45, 7) is 1.91. The molecule has 0 aliphatic heterocycles. The summed E-state index contributed by atoms with van der Waals surface area (Å²) >= 11 is 0. The predicted octanol–water partition coefficient (Wildman–Crippen LogP) is 3.78. The van der Waals surface area contributed by atoms with E-state index in [0.717, 1.165) is 43.1 Å². The van der Waals surface area contributed by atoms with Crippen LogP contribution in [0, 0.1) is 0 Å². The van der Waals surface area contributed by atoms with Crippen molar-refractivity contribution in [2.75, 3.05) is 13.7 Å². The van der Waals surface area contributed by atoms with Crippen LogP contribution in [-0.2, 0) is 14.3 Å². The molecule has 0 saturated heterocycles. The Morgan fingerprint density at radius 3 is 1.97 bits per heavy atom. The van der Waals surface area contributed by atoms with Crippen molar-refractivity contribution in [2.45, 2.75) is 37.5 Å². The molecule has 7 nitrogen and oxygen atoms in total. The van der Waals surface area contributed by atoms with Gasteiger partial charge in [0.1, 0.15) is 12.1 Å². The van der Waals surface area contributed by atoms with Crippen molar-refractivity contribution < 1.29 is 37.4 Å². The first kappa shape index (κ1) is 24.1. The van der Waals surface area contributed by atoms with Crippen LogP contribution in [0.1, 0.15) is 30.9 Å². The van der Waals surface area contributed by atoms with Crippen molar-refractivity contribution in [1.29, 1.82) is 0 Å². The molecule has 1 aliphatic rings. The lowest BCUT2D eigenvalue weighted by molar-refractivity contribution is -0.180. The van der Waals surface area contributed by atoms with Crippen molar-refractivity contribution >= 4 is 18.0 Å². The quantitative estimate of drug-likeness (QED) is 0.679. The Kier molecular flexibility index (Phi) is 6.40. The first-order valence-corrected chi connectivity index (χ1v) is 10.0. The van der Waals surface area contributed by atoms with Crippen molar-refractivity contribution in [2.24, 2.45) is 0 Å². The number of ether oxygens (including phenoxy) is 1. The summed E-state index contributed by atoms with van der Waals surface area (Å²) in [4.78, 5) is 36.5. The summed E-state index contributed by atoms with van der Waals surface area (Å²) in [6, 6.07) is 11.9. The van der Waals surface area contributed by atoms with E-state index < -0.39 is 35.7 Å². The Bertz CT molecular complexity index is 1040. The summed E-state index contributed by atoms with van der Waals surface area (Å²) in [5, 5.41) is 10.8. The van der Waals surface area contributed by atoms with Gasteiger partial charge in [0.15, 0.2) is 0 Å². The van der Waals surface area contributed by atoms with Crippen LogP contribution in [0.4, 0.5) is 18.0 Å². The van der Waals surface area contributed by atoms with E-state index in [-0.39, 0.29) is 12.5 Å². The largest absolute Gasteiger partial charge is 0.480 e. The summed E-state index contributed by atoms with van der Waals surface area (Å²) in [7, 11) is 0.925. The molecule has 10 heteroatoms. The highest BCUT2D eigenvalue weighted by Gasteiger charge is 2.50. The number of benzene rings is 2. The van der Waals surface area contributed by atoms with Gasteiger partial charge >= 0.3 is 18.2 Å². The fourth-order valence-corrected chi connectivity index (χ4v) is 3.65. The van der Waals surface area contributed by atoms with E-state index in [1.54, 1.807) is 5.32 Å². The summed E-state index contributed by atoms with van der Waals surface area (Å²) in [5.41, 5.74) is 1.71. The highest BCUT2D eigenvalue weighted by Crippen LogP contribution is 2.44. The molecule has 0 bridgehead atoms. The van der Waals surface area contributed by atoms with E-state index in [1.807, 2.05) is 48.5 Å². The van der Waals surface area contributed by atoms with E-state index in [2.05, 4.69) is 0 Å². The monoisotopic (exact) mass is 464 g/mol. The van der Waals surface area contributed by atoms with Gasteiger partial charge in [-0.1, -0.05) is 48.5 Å². The fourth-order valence-electron chi connectivity index (χ4n) is 3.65. The molecule has 0 saturated carbocycles. The van der Waals surface area contributed by atoms with E-state index in [4.69, 9.17) is 4.74 Å². The molecule has 3 rings (SSSR count). The summed E-state index contributed by atoms with van der Waals surface area (Å²) in [6.07, 6.45) is -6.60. The number of nitrogens with zero attached hydrogens (tertiary/aromatic N) is 1. The average Bonchev–Trinajstić information content (AvgIpc) is 3.08. The Hall–Kier alpha value is -3.56. The van der Waals surface area contributed by atoms with Crippen LogP contribution >= 0.6 is 0 Å². The maximum atomic E-state index is 13.6. The first-order valence-electron chi connectivity index (χ1n) is 10.0. The smallest absolute Gasteiger partial charge is 0.417 e. The zero-order valence-electron chi connectivity index (χ0n) is 18.1. The highest BCUT2D eigenvalue weighted by atomic mass is 19.4. The minimum absolute atomic E-state index is 0.241. The number of carbonyl (C=O) groups excluding carboxylic acids is 2. The molecule has 176 valence electrons. The van der Waals surface area contributed by atoms with E-state index in [0.29, 0.717) is 4.90 Å². The molecule has 2 aromatic rings. The van der Waals surface area contributed by atoms with Gasteiger partial charge in [0, 0.05) is 13.0 Å². The van der Waals surface area contributed by atoms with Gasteiger partial charge in [0.2, 0.25) is 6.04 Å². The number of fused-ring (bicyclic) bond motifs is 3. The van der Waals surface area contributed by atoms with Gasteiger partial charge in [-0.25, -0.2) is 9.59 Å². The standard InChI is InChI=1S/C23H23F3N2O5/c1-22(2,20(30)31)28(3)19(29)18(23(24,25)26)27-21(32)33-12-17-15-10-6-4-8-13(15)14-9-5-7-11-16(14)17/h4-11,17-18H,12H2,1-3H3,(H,27,32)(H,30,31). The second-order valence-corrected chi connectivity index (χ2v) is 8.21. The fraction of sp³-hybridized carbons (Fsp3) is 0.348. The third-order valence-electron chi connectivity index (χ3n) is 5.87. The van der Waals surface area contributed by atoms with Crippen LogP contribution in [0.3, 0.4) is 0 Å². The van der Waals surface area contributed by atoms with Crippen LogP contribution in [0.25, 0.3) is 11.1 Å². The van der Waals surface area contributed by atoms with Crippen molar-refractivity contribution in [1.82, 2.24) is 10.2 Å². The maximum Gasteiger partial charge on any atom is 0.417 e. The van der Waals surface area contributed by atoms with Crippen LogP contribution in [0.2, 0.25) is 0 Å². The Labute approximate surface area is 188 Å². The van der Waals surface area contributed by atoms with E-state index >= 15 is 0 Å². The number of alkyl carbamates (subject to hydrolysis) is 1. The lowest BCUT2D eigenvalue weighted by atomic mass is 9.98. The third-order valence-corrected chi connectivity index (χ3v) is 5.87. The van der Waals surface area contributed by atoms with Gasteiger partial charge in [-0.15, -0.1) is 0 Å². The number of halogens is 3. The minimum atomic E-state index is -5.16. The molecule has 0 radical (unpaired) electrons. The molecule has 1 aliphatic carbocycles. The minimum Gasteiger partial charge on any atom is -0.480 e. The van der Waals surface area contributed by atoms with Crippen LogP contribution in [-0.4, -0.2) is 59.4 Å². The summed E-state index contributed by atoms with van der Waals surface area (Å²) in [5.74, 6) is -3.50. The van der Waals surface area contributed by atoms with Gasteiger partial charge in [-0.05, 0) is 36.1 Å². The number of alkyl halides is 3. The predicted molar refractivity (Wildman–Crippen MR) is 113 cm³/mol. The van der Waals surface area contributed by atoms with Crippen LogP contribution in [0.5, 0.6) is 0 Å². The average molecular weight is 464 g/mol. The van der Waals surface area contributed by atoms with Gasteiger partial charge in [-0.2, -0.15) is 13.2 Å². The van der Waals surface area contributed by atoms with Gasteiger partial charge in [0.25, 0.3) is 5.91 Å². The lowest BCUT2D eigenvalue weighted by Gasteiger charge is -2.34. The molecule has 2 amide bonds. The molecule has 0 aromatic heterocycles. The molecular formula is C23H23F3N2O5. The SMILES string of the molecule is CN(C(=O)C(NC(=O)OCC1c2ccccc2-c2ccccc21)C(F)(F)F)C(C)(C)C(=O)O. The lowest BCUT2D eigenvalue weighted by Crippen LogP contribution is -2.61.